The van der Waals surface area contributed by atoms with Gasteiger partial charge in [-0.15, -0.1) is 0 Å². The maximum atomic E-state index is 12.7. The summed E-state index contributed by atoms with van der Waals surface area (Å²) >= 11 is 0. The molecule has 1 heterocycles. The number of aromatic amines is 1. The van der Waals surface area contributed by atoms with Crippen molar-refractivity contribution >= 4 is 16.8 Å². The molecule has 0 saturated heterocycles. The number of amides is 1. The van der Waals surface area contributed by atoms with Crippen LogP contribution in [0, 0.1) is 12.8 Å². The van der Waals surface area contributed by atoms with Crippen molar-refractivity contribution in [2.24, 2.45) is 5.92 Å². The molecule has 1 aromatic carbocycles. The van der Waals surface area contributed by atoms with Gasteiger partial charge in [0.05, 0.1) is 13.0 Å². The van der Waals surface area contributed by atoms with Crippen molar-refractivity contribution in [1.82, 2.24) is 9.88 Å². The maximum absolute atomic E-state index is 12.7. The number of H-pyrrole nitrogens is 1. The molecule has 1 amide bonds. The Hall–Kier alpha value is -1.81. The van der Waals surface area contributed by atoms with Gasteiger partial charge in [0.25, 0.3) is 0 Å². The van der Waals surface area contributed by atoms with Gasteiger partial charge in [-0.05, 0) is 24.5 Å². The predicted molar refractivity (Wildman–Crippen MR) is 90.0 cm³/mol. The Morgan fingerprint density at radius 3 is 2.73 bits per heavy atom. The first kappa shape index (κ1) is 16.6. The van der Waals surface area contributed by atoms with Crippen LogP contribution in [-0.4, -0.2) is 42.6 Å². The fourth-order valence-corrected chi connectivity index (χ4v) is 2.79. The van der Waals surface area contributed by atoms with Gasteiger partial charge >= 0.3 is 0 Å². The molecule has 0 unspecified atom stereocenters. The Labute approximate surface area is 132 Å². The van der Waals surface area contributed by atoms with E-state index < -0.39 is 0 Å². The number of ether oxygens (including phenoxy) is 1. The van der Waals surface area contributed by atoms with Crippen LogP contribution in [-0.2, 0) is 16.0 Å². The smallest absolute Gasteiger partial charge is 0.227 e. The number of aryl methyl sites for hydroxylation is 1. The van der Waals surface area contributed by atoms with Crippen molar-refractivity contribution in [2.45, 2.75) is 27.2 Å². The molecule has 4 nitrogen and oxygen atoms in total. The molecule has 0 fully saturated rings. The van der Waals surface area contributed by atoms with E-state index in [4.69, 9.17) is 4.74 Å². The summed E-state index contributed by atoms with van der Waals surface area (Å²) in [5.74, 6) is 0.614. The highest BCUT2D eigenvalue weighted by atomic mass is 16.5. The monoisotopic (exact) mass is 302 g/mol. The first-order valence-electron chi connectivity index (χ1n) is 7.85. The number of benzene rings is 1. The third-order valence-corrected chi connectivity index (χ3v) is 3.86. The molecular formula is C18H26N2O2. The standard InChI is InChI=1S/C18H26N2O2/c1-13(2)12-20(9-10-22-4)18(21)11-16-14(3)19-17-8-6-5-7-15(16)17/h5-8,13,19H,9-12H2,1-4H3. The fraction of sp³-hybridized carbons (Fsp3) is 0.500. The number of carbonyl (C=O) groups excluding carboxylic acids is 1. The Balaban J connectivity index is 2.18. The molecule has 1 aromatic heterocycles. The van der Waals surface area contributed by atoms with Crippen LogP contribution in [0.1, 0.15) is 25.1 Å². The van der Waals surface area contributed by atoms with Gasteiger partial charge in [0, 0.05) is 36.8 Å². The van der Waals surface area contributed by atoms with Gasteiger partial charge in [-0.2, -0.15) is 0 Å². The molecule has 120 valence electrons. The summed E-state index contributed by atoms with van der Waals surface area (Å²) < 4.78 is 5.13. The molecule has 0 aliphatic rings. The average molecular weight is 302 g/mol. The Kier molecular flexibility index (Phi) is 5.61. The summed E-state index contributed by atoms with van der Waals surface area (Å²) in [6.07, 6.45) is 0.437. The number of nitrogens with zero attached hydrogens (tertiary/aromatic N) is 1. The van der Waals surface area contributed by atoms with E-state index in [2.05, 4.69) is 24.9 Å². The highest BCUT2D eigenvalue weighted by molar-refractivity contribution is 5.90. The molecule has 2 aromatic rings. The Morgan fingerprint density at radius 1 is 1.32 bits per heavy atom. The summed E-state index contributed by atoms with van der Waals surface area (Å²) in [5.41, 5.74) is 3.27. The summed E-state index contributed by atoms with van der Waals surface area (Å²) in [7, 11) is 1.67. The molecule has 0 spiro atoms. The zero-order valence-corrected chi connectivity index (χ0v) is 14.0. The minimum atomic E-state index is 0.165. The SMILES string of the molecule is COCCN(CC(C)C)C(=O)Cc1c(C)[nH]c2ccccc12. The lowest BCUT2D eigenvalue weighted by atomic mass is 10.1. The van der Waals surface area contributed by atoms with E-state index in [0.29, 0.717) is 25.5 Å². The second-order valence-electron chi connectivity index (χ2n) is 6.18. The fourth-order valence-electron chi connectivity index (χ4n) is 2.79. The average Bonchev–Trinajstić information content (AvgIpc) is 2.79. The molecule has 0 saturated carbocycles. The molecule has 0 radical (unpaired) electrons. The topological polar surface area (TPSA) is 45.3 Å². The lowest BCUT2D eigenvalue weighted by molar-refractivity contribution is -0.131. The quantitative estimate of drug-likeness (QED) is 0.854. The van der Waals surface area contributed by atoms with Crippen LogP contribution in [0.2, 0.25) is 0 Å². The van der Waals surface area contributed by atoms with E-state index in [1.165, 1.54) is 0 Å². The van der Waals surface area contributed by atoms with Crippen LogP contribution < -0.4 is 0 Å². The van der Waals surface area contributed by atoms with E-state index >= 15 is 0 Å². The third-order valence-electron chi connectivity index (χ3n) is 3.86. The normalized spacial score (nSPS) is 11.3. The van der Waals surface area contributed by atoms with Crippen molar-refractivity contribution in [3.05, 3.63) is 35.5 Å². The second kappa shape index (κ2) is 7.45. The molecule has 0 aliphatic carbocycles. The van der Waals surface area contributed by atoms with Gasteiger partial charge in [-0.25, -0.2) is 0 Å². The summed E-state index contributed by atoms with van der Waals surface area (Å²) in [6, 6.07) is 8.14. The highest BCUT2D eigenvalue weighted by Crippen LogP contribution is 2.22. The van der Waals surface area contributed by atoms with Gasteiger partial charge < -0.3 is 14.6 Å². The summed E-state index contributed by atoms with van der Waals surface area (Å²) in [5, 5.41) is 1.14. The van der Waals surface area contributed by atoms with Crippen molar-refractivity contribution < 1.29 is 9.53 Å². The first-order valence-corrected chi connectivity index (χ1v) is 7.85. The first-order chi connectivity index (χ1) is 10.5. The van der Waals surface area contributed by atoms with Crippen molar-refractivity contribution in [3.8, 4) is 0 Å². The van der Waals surface area contributed by atoms with E-state index in [0.717, 1.165) is 28.7 Å². The van der Waals surface area contributed by atoms with Crippen molar-refractivity contribution in [2.75, 3.05) is 26.8 Å². The number of methoxy groups -OCH3 is 1. The number of para-hydroxylation sites is 1. The number of aromatic nitrogens is 1. The number of nitrogens with one attached hydrogen (secondary N) is 1. The summed E-state index contributed by atoms with van der Waals surface area (Å²) in [4.78, 5) is 18.0. The largest absolute Gasteiger partial charge is 0.383 e. The number of hydrogen-bond donors (Lipinski definition) is 1. The van der Waals surface area contributed by atoms with E-state index in [9.17, 15) is 4.79 Å². The number of fused-ring (bicyclic) bond motifs is 1. The van der Waals surface area contributed by atoms with Crippen LogP contribution in [0.5, 0.6) is 0 Å². The Bertz CT molecular complexity index is 631. The van der Waals surface area contributed by atoms with Crippen LogP contribution in [0.4, 0.5) is 0 Å². The van der Waals surface area contributed by atoms with Crippen LogP contribution in [0.15, 0.2) is 24.3 Å². The third kappa shape index (κ3) is 3.89. The molecule has 22 heavy (non-hydrogen) atoms. The molecule has 1 N–H and O–H groups in total. The summed E-state index contributed by atoms with van der Waals surface area (Å²) in [6.45, 7) is 8.28. The minimum Gasteiger partial charge on any atom is -0.383 e. The van der Waals surface area contributed by atoms with E-state index in [-0.39, 0.29) is 5.91 Å². The zero-order chi connectivity index (χ0) is 16.1. The molecule has 2 rings (SSSR count). The van der Waals surface area contributed by atoms with Gasteiger partial charge in [-0.1, -0.05) is 32.0 Å². The number of rotatable bonds is 7. The Morgan fingerprint density at radius 2 is 2.05 bits per heavy atom. The van der Waals surface area contributed by atoms with E-state index in [1.54, 1.807) is 7.11 Å². The van der Waals surface area contributed by atoms with Gasteiger partial charge in [0.2, 0.25) is 5.91 Å². The zero-order valence-electron chi connectivity index (χ0n) is 14.0. The lowest BCUT2D eigenvalue weighted by Gasteiger charge is -2.24. The van der Waals surface area contributed by atoms with Crippen molar-refractivity contribution in [1.29, 1.82) is 0 Å². The minimum absolute atomic E-state index is 0.165. The van der Waals surface area contributed by atoms with Gasteiger partial charge in [0.1, 0.15) is 0 Å². The molecule has 0 atom stereocenters. The molecule has 0 bridgehead atoms. The molecular weight excluding hydrogens is 276 g/mol. The molecule has 0 aliphatic heterocycles. The van der Waals surface area contributed by atoms with Crippen LogP contribution in [0.3, 0.4) is 0 Å². The number of carbonyl (C=O) groups is 1. The van der Waals surface area contributed by atoms with Crippen LogP contribution >= 0.6 is 0 Å². The highest BCUT2D eigenvalue weighted by Gasteiger charge is 2.18. The van der Waals surface area contributed by atoms with E-state index in [1.807, 2.05) is 30.0 Å². The van der Waals surface area contributed by atoms with Gasteiger partial charge in [-0.3, -0.25) is 4.79 Å². The molecule has 4 heteroatoms. The second-order valence-corrected chi connectivity index (χ2v) is 6.18. The van der Waals surface area contributed by atoms with Crippen molar-refractivity contribution in [3.63, 3.8) is 0 Å². The maximum Gasteiger partial charge on any atom is 0.227 e. The lowest BCUT2D eigenvalue weighted by Crippen LogP contribution is -2.37. The number of hydrogen-bond acceptors (Lipinski definition) is 2. The predicted octanol–water partition coefficient (Wildman–Crippen LogP) is 3.15. The van der Waals surface area contributed by atoms with Crippen LogP contribution in [0.25, 0.3) is 10.9 Å². The van der Waals surface area contributed by atoms with Gasteiger partial charge in [0.15, 0.2) is 0 Å².